The lowest BCUT2D eigenvalue weighted by molar-refractivity contribution is 0.0947. The van der Waals surface area contributed by atoms with E-state index in [4.69, 9.17) is 0 Å². The van der Waals surface area contributed by atoms with E-state index >= 15 is 0 Å². The summed E-state index contributed by atoms with van der Waals surface area (Å²) >= 11 is 0. The van der Waals surface area contributed by atoms with Gasteiger partial charge in [0.25, 0.3) is 5.91 Å². The number of nitrogens with zero attached hydrogens (tertiary/aromatic N) is 3. The summed E-state index contributed by atoms with van der Waals surface area (Å²) in [4.78, 5) is 13.9. The van der Waals surface area contributed by atoms with E-state index in [0.29, 0.717) is 18.1 Å². The monoisotopic (exact) mass is 279 g/mol. The Balaban J connectivity index is 2.34. The molecule has 1 aromatic rings. The van der Waals surface area contributed by atoms with Gasteiger partial charge in [-0.15, -0.1) is 10.2 Å². The molecule has 1 aromatic heterocycles. The number of carbonyl (C=O) groups excluding carboxylic acids is 1. The van der Waals surface area contributed by atoms with Crippen molar-refractivity contribution in [3.05, 3.63) is 17.8 Å². The molecule has 1 amide bonds. The van der Waals surface area contributed by atoms with Crippen molar-refractivity contribution in [2.45, 2.75) is 26.2 Å². The first-order chi connectivity index (χ1) is 9.63. The highest BCUT2D eigenvalue weighted by Gasteiger charge is 2.06. The van der Waals surface area contributed by atoms with E-state index in [0.717, 1.165) is 32.4 Å². The molecule has 0 aliphatic rings. The second-order valence-corrected chi connectivity index (χ2v) is 5.00. The van der Waals surface area contributed by atoms with Gasteiger partial charge in [0.05, 0.1) is 0 Å². The van der Waals surface area contributed by atoms with Gasteiger partial charge in [0.2, 0.25) is 0 Å². The molecule has 0 saturated carbocycles. The van der Waals surface area contributed by atoms with Gasteiger partial charge in [0, 0.05) is 13.1 Å². The fourth-order valence-corrected chi connectivity index (χ4v) is 1.63. The number of anilines is 1. The Hall–Kier alpha value is -1.69. The molecule has 6 nitrogen and oxygen atoms in total. The summed E-state index contributed by atoms with van der Waals surface area (Å²) in [5.74, 6) is 0.541. The molecule has 20 heavy (non-hydrogen) atoms. The van der Waals surface area contributed by atoms with Crippen molar-refractivity contribution in [2.24, 2.45) is 0 Å². The summed E-state index contributed by atoms with van der Waals surface area (Å²) in [6, 6.07) is 3.49. The second-order valence-electron chi connectivity index (χ2n) is 5.00. The van der Waals surface area contributed by atoms with Crippen LogP contribution < -0.4 is 10.6 Å². The minimum Gasteiger partial charge on any atom is -0.369 e. The van der Waals surface area contributed by atoms with Crippen molar-refractivity contribution in [1.82, 2.24) is 20.4 Å². The van der Waals surface area contributed by atoms with E-state index in [-0.39, 0.29) is 5.91 Å². The largest absolute Gasteiger partial charge is 0.369 e. The lowest BCUT2D eigenvalue weighted by atomic mass is 10.3. The van der Waals surface area contributed by atoms with E-state index in [2.05, 4.69) is 32.7 Å². The SMILES string of the molecule is CCCCNC(=O)c1ccc(NCCCN(C)C)nn1. The van der Waals surface area contributed by atoms with Crippen LogP contribution in [-0.4, -0.2) is 54.7 Å². The van der Waals surface area contributed by atoms with Crippen molar-refractivity contribution in [2.75, 3.05) is 39.0 Å². The first-order valence-electron chi connectivity index (χ1n) is 7.14. The minimum atomic E-state index is -0.162. The van der Waals surface area contributed by atoms with Crippen LogP contribution in [0.2, 0.25) is 0 Å². The minimum absolute atomic E-state index is 0.162. The third-order valence-electron chi connectivity index (χ3n) is 2.80. The number of hydrogen-bond acceptors (Lipinski definition) is 5. The molecular formula is C14H25N5O. The molecule has 6 heteroatoms. The van der Waals surface area contributed by atoms with Crippen LogP contribution >= 0.6 is 0 Å². The lowest BCUT2D eigenvalue weighted by Gasteiger charge is -2.10. The molecular weight excluding hydrogens is 254 g/mol. The number of aromatic nitrogens is 2. The van der Waals surface area contributed by atoms with Gasteiger partial charge in [-0.25, -0.2) is 0 Å². The summed E-state index contributed by atoms with van der Waals surface area (Å²) in [5, 5.41) is 13.9. The Morgan fingerprint density at radius 3 is 2.60 bits per heavy atom. The van der Waals surface area contributed by atoms with Gasteiger partial charge in [0.15, 0.2) is 5.69 Å². The molecule has 0 fully saturated rings. The zero-order valence-corrected chi connectivity index (χ0v) is 12.6. The highest BCUT2D eigenvalue weighted by molar-refractivity contribution is 5.92. The van der Waals surface area contributed by atoms with Crippen LogP contribution in [-0.2, 0) is 0 Å². The Morgan fingerprint density at radius 1 is 1.20 bits per heavy atom. The zero-order valence-electron chi connectivity index (χ0n) is 12.6. The van der Waals surface area contributed by atoms with Gasteiger partial charge >= 0.3 is 0 Å². The normalized spacial score (nSPS) is 10.6. The number of hydrogen-bond donors (Lipinski definition) is 2. The number of rotatable bonds is 9. The maximum atomic E-state index is 11.7. The quantitative estimate of drug-likeness (QED) is 0.668. The highest BCUT2D eigenvalue weighted by Crippen LogP contribution is 2.02. The van der Waals surface area contributed by atoms with Crippen LogP contribution in [0.4, 0.5) is 5.82 Å². The van der Waals surface area contributed by atoms with Crippen molar-refractivity contribution in [1.29, 1.82) is 0 Å². The Labute approximate surface area is 121 Å². The molecule has 0 radical (unpaired) electrons. The smallest absolute Gasteiger partial charge is 0.271 e. The van der Waals surface area contributed by atoms with Crippen molar-refractivity contribution < 1.29 is 4.79 Å². The molecule has 112 valence electrons. The molecule has 0 aliphatic carbocycles. The molecule has 0 atom stereocenters. The van der Waals surface area contributed by atoms with E-state index in [1.165, 1.54) is 0 Å². The molecule has 1 rings (SSSR count). The summed E-state index contributed by atoms with van der Waals surface area (Å²) in [7, 11) is 4.09. The molecule has 2 N–H and O–H groups in total. The lowest BCUT2D eigenvalue weighted by Crippen LogP contribution is -2.25. The summed E-state index contributed by atoms with van der Waals surface area (Å²) in [6.45, 7) is 4.64. The molecule has 0 bridgehead atoms. The Morgan fingerprint density at radius 2 is 2.00 bits per heavy atom. The average molecular weight is 279 g/mol. The third-order valence-corrected chi connectivity index (χ3v) is 2.80. The first kappa shape index (κ1) is 16.4. The molecule has 0 aromatic carbocycles. The van der Waals surface area contributed by atoms with Gasteiger partial charge in [-0.2, -0.15) is 0 Å². The summed E-state index contributed by atoms with van der Waals surface area (Å²) in [6.07, 6.45) is 3.07. The van der Waals surface area contributed by atoms with Crippen LogP contribution in [0.1, 0.15) is 36.7 Å². The average Bonchev–Trinajstić information content (AvgIpc) is 2.44. The fraction of sp³-hybridized carbons (Fsp3) is 0.643. The Bertz CT molecular complexity index is 391. The maximum Gasteiger partial charge on any atom is 0.271 e. The van der Waals surface area contributed by atoms with Gasteiger partial charge in [-0.1, -0.05) is 13.3 Å². The van der Waals surface area contributed by atoms with E-state index in [1.807, 2.05) is 14.1 Å². The van der Waals surface area contributed by atoms with Crippen molar-refractivity contribution in [3.8, 4) is 0 Å². The predicted octanol–water partition coefficient (Wildman–Crippen LogP) is 1.37. The van der Waals surface area contributed by atoms with Gasteiger partial charge in [0.1, 0.15) is 5.82 Å². The number of amides is 1. The topological polar surface area (TPSA) is 70.2 Å². The molecule has 0 spiro atoms. The van der Waals surface area contributed by atoms with E-state index in [1.54, 1.807) is 12.1 Å². The van der Waals surface area contributed by atoms with Crippen LogP contribution in [0.5, 0.6) is 0 Å². The first-order valence-corrected chi connectivity index (χ1v) is 7.14. The predicted molar refractivity (Wildman–Crippen MR) is 80.9 cm³/mol. The molecule has 0 saturated heterocycles. The van der Waals surface area contributed by atoms with E-state index in [9.17, 15) is 4.79 Å². The maximum absolute atomic E-state index is 11.7. The van der Waals surface area contributed by atoms with Crippen LogP contribution in [0.15, 0.2) is 12.1 Å². The van der Waals surface area contributed by atoms with E-state index < -0.39 is 0 Å². The van der Waals surface area contributed by atoms with Crippen LogP contribution in [0, 0.1) is 0 Å². The highest BCUT2D eigenvalue weighted by atomic mass is 16.1. The second kappa shape index (κ2) is 9.25. The summed E-state index contributed by atoms with van der Waals surface area (Å²) in [5.41, 5.74) is 0.361. The standard InChI is InChI=1S/C14H25N5O/c1-4-5-9-16-14(20)12-7-8-13(18-17-12)15-10-6-11-19(2)3/h7-8H,4-6,9-11H2,1-3H3,(H,15,18)(H,16,20). The third kappa shape index (κ3) is 6.47. The van der Waals surface area contributed by atoms with Gasteiger partial charge in [-0.3, -0.25) is 4.79 Å². The Kier molecular flexibility index (Phi) is 7.57. The van der Waals surface area contributed by atoms with Crippen LogP contribution in [0.25, 0.3) is 0 Å². The fourth-order valence-electron chi connectivity index (χ4n) is 1.63. The van der Waals surface area contributed by atoms with Gasteiger partial charge in [-0.05, 0) is 45.6 Å². The molecule has 1 heterocycles. The number of carbonyl (C=O) groups is 1. The number of unbranched alkanes of at least 4 members (excludes halogenated alkanes) is 1. The van der Waals surface area contributed by atoms with Gasteiger partial charge < -0.3 is 15.5 Å². The van der Waals surface area contributed by atoms with Crippen molar-refractivity contribution in [3.63, 3.8) is 0 Å². The molecule has 0 unspecified atom stereocenters. The number of nitrogens with one attached hydrogen (secondary N) is 2. The zero-order chi connectivity index (χ0) is 14.8. The van der Waals surface area contributed by atoms with Crippen LogP contribution in [0.3, 0.4) is 0 Å². The molecule has 0 aliphatic heterocycles. The summed E-state index contributed by atoms with van der Waals surface area (Å²) < 4.78 is 0. The van der Waals surface area contributed by atoms with Crippen molar-refractivity contribution >= 4 is 11.7 Å².